The Kier molecular flexibility index (Phi) is 7.53. The molecule has 1 fully saturated rings. The van der Waals surface area contributed by atoms with Crippen molar-refractivity contribution in [1.82, 2.24) is 4.90 Å². The molecule has 0 aliphatic carbocycles. The lowest BCUT2D eigenvalue weighted by atomic mass is 10.0. The molecular weight excluding hydrogens is 300 g/mol. The molecule has 2 rings (SSSR count). The lowest BCUT2D eigenvalue weighted by Gasteiger charge is -2.28. The Bertz CT molecular complexity index is 516. The number of aryl methyl sites for hydroxylation is 2. The molecule has 0 bridgehead atoms. The zero-order valence-corrected chi connectivity index (χ0v) is 15.3. The Morgan fingerprint density at radius 3 is 2.46 bits per heavy atom. The summed E-state index contributed by atoms with van der Waals surface area (Å²) < 4.78 is 5.39. The van der Waals surface area contributed by atoms with Crippen LogP contribution < -0.4 is 11.1 Å². The van der Waals surface area contributed by atoms with Crippen LogP contribution in [0.4, 0.5) is 5.69 Å². The smallest absolute Gasteiger partial charge is 0.193 e. The number of guanidine groups is 1. The predicted molar refractivity (Wildman–Crippen MR) is 102 cm³/mol. The molecule has 0 spiro atoms. The SMILES string of the molecule is CCc1cccc(CC)c1NC(N)=NCC(C)CN1CCOCC1. The lowest BCUT2D eigenvalue weighted by molar-refractivity contribution is 0.0323. The second-order valence-electron chi connectivity index (χ2n) is 6.53. The average Bonchev–Trinajstić information content (AvgIpc) is 2.61. The first kappa shape index (κ1) is 18.7. The first-order valence-corrected chi connectivity index (χ1v) is 9.11. The monoisotopic (exact) mass is 332 g/mol. The Balaban J connectivity index is 1.91. The number of hydrogen-bond acceptors (Lipinski definition) is 3. The fourth-order valence-corrected chi connectivity index (χ4v) is 3.11. The van der Waals surface area contributed by atoms with Gasteiger partial charge >= 0.3 is 0 Å². The quantitative estimate of drug-likeness (QED) is 0.595. The highest BCUT2D eigenvalue weighted by atomic mass is 16.5. The Labute approximate surface area is 146 Å². The number of nitrogens with zero attached hydrogens (tertiary/aromatic N) is 2. The number of anilines is 1. The molecule has 1 heterocycles. The number of nitrogens with two attached hydrogens (primary N) is 1. The Morgan fingerprint density at radius 1 is 1.25 bits per heavy atom. The van der Waals surface area contributed by atoms with E-state index in [4.69, 9.17) is 10.5 Å². The van der Waals surface area contributed by atoms with Crippen LogP contribution in [-0.2, 0) is 17.6 Å². The van der Waals surface area contributed by atoms with E-state index in [1.807, 2.05) is 0 Å². The van der Waals surface area contributed by atoms with Crippen molar-refractivity contribution in [1.29, 1.82) is 0 Å². The van der Waals surface area contributed by atoms with Crippen LogP contribution in [0.25, 0.3) is 0 Å². The number of para-hydroxylation sites is 1. The Hall–Kier alpha value is -1.59. The van der Waals surface area contributed by atoms with Gasteiger partial charge in [-0.15, -0.1) is 0 Å². The van der Waals surface area contributed by atoms with Gasteiger partial charge in [0.15, 0.2) is 5.96 Å². The summed E-state index contributed by atoms with van der Waals surface area (Å²) in [4.78, 5) is 7.00. The minimum absolute atomic E-state index is 0.482. The van der Waals surface area contributed by atoms with E-state index in [0.717, 1.165) is 57.9 Å². The summed E-state index contributed by atoms with van der Waals surface area (Å²) in [5, 5.41) is 3.33. The molecule has 5 nitrogen and oxygen atoms in total. The third-order valence-corrected chi connectivity index (χ3v) is 4.50. The van der Waals surface area contributed by atoms with Crippen LogP contribution in [0.2, 0.25) is 0 Å². The zero-order valence-electron chi connectivity index (χ0n) is 15.3. The van der Waals surface area contributed by atoms with Crippen LogP contribution in [0.1, 0.15) is 31.9 Å². The van der Waals surface area contributed by atoms with Gasteiger partial charge in [0.05, 0.1) is 13.2 Å². The molecule has 0 saturated carbocycles. The normalized spacial score (nSPS) is 17.7. The van der Waals surface area contributed by atoms with Crippen LogP contribution in [0, 0.1) is 5.92 Å². The van der Waals surface area contributed by atoms with Crippen LogP contribution in [0.15, 0.2) is 23.2 Å². The van der Waals surface area contributed by atoms with Crippen molar-refractivity contribution in [3.05, 3.63) is 29.3 Å². The number of hydrogen-bond donors (Lipinski definition) is 2. The second kappa shape index (κ2) is 9.64. The second-order valence-corrected chi connectivity index (χ2v) is 6.53. The van der Waals surface area contributed by atoms with Gasteiger partial charge in [-0.25, -0.2) is 0 Å². The predicted octanol–water partition coefficient (Wildman–Crippen LogP) is 2.51. The molecule has 24 heavy (non-hydrogen) atoms. The van der Waals surface area contributed by atoms with E-state index in [1.165, 1.54) is 11.1 Å². The molecule has 5 heteroatoms. The zero-order chi connectivity index (χ0) is 17.4. The molecule has 0 aromatic heterocycles. The fourth-order valence-electron chi connectivity index (χ4n) is 3.11. The number of ether oxygens (including phenoxy) is 1. The number of nitrogens with one attached hydrogen (secondary N) is 1. The molecule has 1 aliphatic rings. The number of rotatable bonds is 7. The number of aliphatic imine (C=N–C) groups is 1. The molecule has 0 radical (unpaired) electrons. The number of morpholine rings is 1. The van der Waals surface area contributed by atoms with Crippen molar-refractivity contribution in [2.75, 3.05) is 44.7 Å². The fraction of sp³-hybridized carbons (Fsp3) is 0.632. The maximum atomic E-state index is 6.14. The van der Waals surface area contributed by atoms with E-state index in [9.17, 15) is 0 Å². The van der Waals surface area contributed by atoms with E-state index in [0.29, 0.717) is 11.9 Å². The van der Waals surface area contributed by atoms with Crippen molar-refractivity contribution >= 4 is 11.6 Å². The van der Waals surface area contributed by atoms with E-state index >= 15 is 0 Å². The van der Waals surface area contributed by atoms with Gasteiger partial charge in [0, 0.05) is 31.9 Å². The van der Waals surface area contributed by atoms with Crippen molar-refractivity contribution in [2.45, 2.75) is 33.6 Å². The van der Waals surface area contributed by atoms with Crippen molar-refractivity contribution < 1.29 is 4.74 Å². The summed E-state index contributed by atoms with van der Waals surface area (Å²) in [5.74, 6) is 0.995. The van der Waals surface area contributed by atoms with Crippen LogP contribution in [0.5, 0.6) is 0 Å². The van der Waals surface area contributed by atoms with Crippen LogP contribution in [0.3, 0.4) is 0 Å². The van der Waals surface area contributed by atoms with Gasteiger partial charge in [0.2, 0.25) is 0 Å². The topological polar surface area (TPSA) is 62.9 Å². The minimum Gasteiger partial charge on any atom is -0.379 e. The van der Waals surface area contributed by atoms with Gasteiger partial charge in [-0.05, 0) is 29.9 Å². The third kappa shape index (κ3) is 5.49. The highest BCUT2D eigenvalue weighted by molar-refractivity contribution is 5.93. The van der Waals surface area contributed by atoms with E-state index in [-0.39, 0.29) is 0 Å². The van der Waals surface area contributed by atoms with Crippen molar-refractivity contribution in [2.24, 2.45) is 16.6 Å². The first-order chi connectivity index (χ1) is 11.6. The van der Waals surface area contributed by atoms with Crippen LogP contribution in [-0.4, -0.2) is 50.3 Å². The maximum absolute atomic E-state index is 6.14. The molecule has 1 aromatic rings. The van der Waals surface area contributed by atoms with Crippen molar-refractivity contribution in [3.8, 4) is 0 Å². The summed E-state index contributed by atoms with van der Waals surface area (Å²) in [7, 11) is 0. The molecule has 1 atom stereocenters. The van der Waals surface area contributed by atoms with E-state index < -0.39 is 0 Å². The van der Waals surface area contributed by atoms with Gasteiger partial charge in [-0.1, -0.05) is 39.0 Å². The third-order valence-electron chi connectivity index (χ3n) is 4.50. The van der Waals surface area contributed by atoms with Gasteiger partial charge < -0.3 is 15.8 Å². The number of benzene rings is 1. The van der Waals surface area contributed by atoms with Crippen molar-refractivity contribution in [3.63, 3.8) is 0 Å². The summed E-state index contributed by atoms with van der Waals surface area (Å²) in [6.07, 6.45) is 1.97. The molecule has 1 aliphatic heterocycles. The highest BCUT2D eigenvalue weighted by Crippen LogP contribution is 2.22. The molecule has 1 saturated heterocycles. The summed E-state index contributed by atoms with van der Waals surface area (Å²) in [6, 6.07) is 6.41. The van der Waals surface area contributed by atoms with E-state index in [1.54, 1.807) is 0 Å². The van der Waals surface area contributed by atoms with Gasteiger partial charge in [0.1, 0.15) is 0 Å². The molecule has 134 valence electrons. The highest BCUT2D eigenvalue weighted by Gasteiger charge is 2.13. The molecular formula is C19H32N4O. The largest absolute Gasteiger partial charge is 0.379 e. The summed E-state index contributed by atoms with van der Waals surface area (Å²) in [5.41, 5.74) is 9.84. The average molecular weight is 332 g/mol. The first-order valence-electron chi connectivity index (χ1n) is 9.11. The minimum atomic E-state index is 0.482. The lowest BCUT2D eigenvalue weighted by Crippen LogP contribution is -2.39. The summed E-state index contributed by atoms with van der Waals surface area (Å²) >= 11 is 0. The molecule has 0 amide bonds. The van der Waals surface area contributed by atoms with E-state index in [2.05, 4.69) is 54.2 Å². The summed E-state index contributed by atoms with van der Waals surface area (Å²) in [6.45, 7) is 12.1. The Morgan fingerprint density at radius 2 is 1.88 bits per heavy atom. The van der Waals surface area contributed by atoms with Crippen LogP contribution >= 0.6 is 0 Å². The molecule has 3 N–H and O–H groups in total. The maximum Gasteiger partial charge on any atom is 0.193 e. The van der Waals surface area contributed by atoms with Gasteiger partial charge in [0.25, 0.3) is 0 Å². The molecule has 1 unspecified atom stereocenters. The van der Waals surface area contributed by atoms with Gasteiger partial charge in [-0.2, -0.15) is 0 Å². The standard InChI is InChI=1S/C19H32N4O/c1-4-16-7-6-8-17(5-2)18(16)22-19(20)21-13-15(3)14-23-9-11-24-12-10-23/h6-8,15H,4-5,9-14H2,1-3H3,(H3,20,21,22). The van der Waals surface area contributed by atoms with Gasteiger partial charge in [-0.3, -0.25) is 9.89 Å². The molecule has 1 aromatic carbocycles.